The van der Waals surface area contributed by atoms with Gasteiger partial charge in [0.25, 0.3) is 5.69 Å². The van der Waals surface area contributed by atoms with Crippen molar-refractivity contribution in [1.82, 2.24) is 5.32 Å². The zero-order chi connectivity index (χ0) is 14.0. The normalized spacial score (nSPS) is 22.2. The summed E-state index contributed by atoms with van der Waals surface area (Å²) in [5.74, 6) is -0.233. The Labute approximate surface area is 115 Å². The molecule has 1 aliphatic heterocycles. The molecule has 1 atom stereocenters. The van der Waals surface area contributed by atoms with Gasteiger partial charge in [0.2, 0.25) is 5.91 Å². The van der Waals surface area contributed by atoms with Crippen LogP contribution in [0.25, 0.3) is 0 Å². The number of anilines is 1. The summed E-state index contributed by atoms with van der Waals surface area (Å²) in [6, 6.07) is 4.10. The second-order valence-electron chi connectivity index (χ2n) is 4.86. The zero-order valence-electron chi connectivity index (χ0n) is 10.4. The predicted octanol–water partition coefficient (Wildman–Crippen LogP) is 2.19. The first-order valence-corrected chi connectivity index (χ1v) is 6.26. The predicted molar refractivity (Wildman–Crippen MR) is 72.3 cm³/mol. The van der Waals surface area contributed by atoms with Gasteiger partial charge in [-0.2, -0.15) is 0 Å². The number of benzene rings is 1. The van der Waals surface area contributed by atoms with E-state index in [9.17, 15) is 14.9 Å². The average molecular weight is 284 g/mol. The minimum atomic E-state index is -0.545. The Morgan fingerprint density at radius 2 is 2.32 bits per heavy atom. The molecule has 1 heterocycles. The molecular formula is C12H14ClN3O3. The smallest absolute Gasteiger partial charge is 0.292 e. The van der Waals surface area contributed by atoms with Crippen LogP contribution in [0.15, 0.2) is 18.2 Å². The summed E-state index contributed by atoms with van der Waals surface area (Å²) < 4.78 is 0. The molecular weight excluding hydrogens is 270 g/mol. The minimum absolute atomic E-state index is 0.135. The quantitative estimate of drug-likeness (QED) is 0.658. The van der Waals surface area contributed by atoms with Crippen molar-refractivity contribution in [1.29, 1.82) is 0 Å². The molecule has 0 radical (unpaired) electrons. The number of nitrogens with one attached hydrogen (secondary N) is 2. The maximum Gasteiger partial charge on any atom is 0.292 e. The molecule has 0 saturated carbocycles. The summed E-state index contributed by atoms with van der Waals surface area (Å²) in [6.07, 6.45) is 0.702. The molecule has 6 nitrogen and oxygen atoms in total. The molecule has 19 heavy (non-hydrogen) atoms. The van der Waals surface area contributed by atoms with Gasteiger partial charge in [0.1, 0.15) is 5.69 Å². The summed E-state index contributed by atoms with van der Waals surface area (Å²) in [6.45, 7) is 3.16. The second-order valence-corrected chi connectivity index (χ2v) is 5.30. The van der Waals surface area contributed by atoms with E-state index >= 15 is 0 Å². The average Bonchev–Trinajstić information content (AvgIpc) is 2.77. The van der Waals surface area contributed by atoms with Crippen LogP contribution in [-0.4, -0.2) is 23.9 Å². The van der Waals surface area contributed by atoms with Gasteiger partial charge in [-0.15, -0.1) is 0 Å². The van der Waals surface area contributed by atoms with Crippen LogP contribution in [0.4, 0.5) is 11.4 Å². The first-order chi connectivity index (χ1) is 8.92. The van der Waals surface area contributed by atoms with Crippen molar-refractivity contribution < 1.29 is 9.72 Å². The minimum Gasteiger partial charge on any atom is -0.320 e. The van der Waals surface area contributed by atoms with Crippen LogP contribution in [0, 0.1) is 15.5 Å². The number of hydrogen-bond donors (Lipinski definition) is 2. The molecule has 1 fully saturated rings. The van der Waals surface area contributed by atoms with Crippen LogP contribution in [-0.2, 0) is 4.79 Å². The Morgan fingerprint density at radius 1 is 1.58 bits per heavy atom. The Balaban J connectivity index is 2.25. The largest absolute Gasteiger partial charge is 0.320 e. The number of rotatable bonds is 3. The highest BCUT2D eigenvalue weighted by Crippen LogP contribution is 2.31. The standard InChI is InChI=1S/C12H14ClN3O3/c1-12(4-5-14-7-12)11(17)15-9-6-8(13)2-3-10(9)16(18)19/h2-3,6,14H,4-5,7H2,1H3,(H,15,17). The molecule has 0 aromatic heterocycles. The number of halogens is 1. The SMILES string of the molecule is CC1(C(=O)Nc2cc(Cl)ccc2[N+](=O)[O-])CCNC1. The lowest BCUT2D eigenvalue weighted by molar-refractivity contribution is -0.383. The third-order valence-corrected chi connectivity index (χ3v) is 3.56. The van der Waals surface area contributed by atoms with Gasteiger partial charge in [0.15, 0.2) is 0 Å². The van der Waals surface area contributed by atoms with Crippen molar-refractivity contribution in [2.75, 3.05) is 18.4 Å². The fourth-order valence-corrected chi connectivity index (χ4v) is 2.22. The van der Waals surface area contributed by atoms with E-state index in [-0.39, 0.29) is 17.3 Å². The maximum atomic E-state index is 12.2. The Hall–Kier alpha value is -1.66. The van der Waals surface area contributed by atoms with Crippen LogP contribution in [0.2, 0.25) is 5.02 Å². The number of carbonyl (C=O) groups is 1. The van der Waals surface area contributed by atoms with E-state index in [0.717, 1.165) is 6.54 Å². The Morgan fingerprint density at radius 3 is 2.89 bits per heavy atom. The second kappa shape index (κ2) is 5.14. The molecule has 7 heteroatoms. The van der Waals surface area contributed by atoms with E-state index in [1.807, 2.05) is 6.92 Å². The fraction of sp³-hybridized carbons (Fsp3) is 0.417. The molecule has 1 saturated heterocycles. The molecule has 1 aromatic carbocycles. The van der Waals surface area contributed by atoms with Gasteiger partial charge in [-0.25, -0.2) is 0 Å². The van der Waals surface area contributed by atoms with E-state index in [1.54, 1.807) is 0 Å². The molecule has 1 aromatic rings. The number of nitro benzene ring substituents is 1. The van der Waals surface area contributed by atoms with E-state index in [0.29, 0.717) is 18.0 Å². The fourth-order valence-electron chi connectivity index (χ4n) is 2.05. The first kappa shape index (κ1) is 13.8. The monoisotopic (exact) mass is 283 g/mol. The van der Waals surface area contributed by atoms with Gasteiger partial charge in [-0.05, 0) is 32.0 Å². The lowest BCUT2D eigenvalue weighted by Crippen LogP contribution is -2.35. The molecule has 102 valence electrons. The molecule has 2 N–H and O–H groups in total. The number of carbonyl (C=O) groups excluding carboxylic acids is 1. The summed E-state index contributed by atoms with van der Waals surface area (Å²) >= 11 is 5.81. The molecule has 0 spiro atoms. The Kier molecular flexibility index (Phi) is 3.73. The Bertz CT molecular complexity index is 527. The maximum absolute atomic E-state index is 12.2. The van der Waals surface area contributed by atoms with E-state index < -0.39 is 10.3 Å². The number of amides is 1. The number of nitro groups is 1. The van der Waals surface area contributed by atoms with Crippen LogP contribution in [0.5, 0.6) is 0 Å². The summed E-state index contributed by atoms with van der Waals surface area (Å²) in [5.41, 5.74) is -0.571. The molecule has 1 aliphatic rings. The third kappa shape index (κ3) is 2.85. The van der Waals surface area contributed by atoms with E-state index in [2.05, 4.69) is 10.6 Å². The lowest BCUT2D eigenvalue weighted by Gasteiger charge is -2.21. The lowest BCUT2D eigenvalue weighted by atomic mass is 9.88. The van der Waals surface area contributed by atoms with Gasteiger partial charge < -0.3 is 10.6 Å². The van der Waals surface area contributed by atoms with Crippen LogP contribution in [0.1, 0.15) is 13.3 Å². The summed E-state index contributed by atoms with van der Waals surface area (Å²) in [7, 11) is 0. The highest BCUT2D eigenvalue weighted by atomic mass is 35.5. The van der Waals surface area contributed by atoms with Crippen molar-refractivity contribution in [3.8, 4) is 0 Å². The van der Waals surface area contributed by atoms with Gasteiger partial charge in [0, 0.05) is 17.6 Å². The van der Waals surface area contributed by atoms with Gasteiger partial charge in [0.05, 0.1) is 10.3 Å². The first-order valence-electron chi connectivity index (χ1n) is 5.88. The molecule has 0 aliphatic carbocycles. The zero-order valence-corrected chi connectivity index (χ0v) is 11.2. The van der Waals surface area contributed by atoms with E-state index in [1.165, 1.54) is 18.2 Å². The number of hydrogen-bond acceptors (Lipinski definition) is 4. The molecule has 0 bridgehead atoms. The highest BCUT2D eigenvalue weighted by molar-refractivity contribution is 6.31. The topological polar surface area (TPSA) is 84.3 Å². The third-order valence-electron chi connectivity index (χ3n) is 3.32. The summed E-state index contributed by atoms with van der Waals surface area (Å²) in [5, 5.41) is 17.0. The molecule has 2 rings (SSSR count). The molecule has 1 amide bonds. The van der Waals surface area contributed by atoms with Crippen molar-refractivity contribution in [3.63, 3.8) is 0 Å². The van der Waals surface area contributed by atoms with Crippen LogP contribution >= 0.6 is 11.6 Å². The van der Waals surface area contributed by atoms with Crippen molar-refractivity contribution in [3.05, 3.63) is 33.3 Å². The van der Waals surface area contributed by atoms with Gasteiger partial charge in [-0.1, -0.05) is 11.6 Å². The highest BCUT2D eigenvalue weighted by Gasteiger charge is 2.37. The van der Waals surface area contributed by atoms with E-state index in [4.69, 9.17) is 11.6 Å². The molecule has 1 unspecified atom stereocenters. The number of nitrogens with zero attached hydrogens (tertiary/aromatic N) is 1. The van der Waals surface area contributed by atoms with Gasteiger partial charge in [-0.3, -0.25) is 14.9 Å². The van der Waals surface area contributed by atoms with Crippen LogP contribution in [0.3, 0.4) is 0 Å². The van der Waals surface area contributed by atoms with Crippen molar-refractivity contribution in [2.24, 2.45) is 5.41 Å². The van der Waals surface area contributed by atoms with Gasteiger partial charge >= 0.3 is 0 Å². The van der Waals surface area contributed by atoms with Crippen molar-refractivity contribution in [2.45, 2.75) is 13.3 Å². The van der Waals surface area contributed by atoms with Crippen molar-refractivity contribution >= 4 is 28.9 Å². The summed E-state index contributed by atoms with van der Waals surface area (Å²) in [4.78, 5) is 22.6. The van der Waals surface area contributed by atoms with Crippen LogP contribution < -0.4 is 10.6 Å².